The molecule has 0 unspecified atom stereocenters. The second kappa shape index (κ2) is 5.89. The molecule has 1 aliphatic carbocycles. The molecular formula is C17H20ClN3O2. The summed E-state index contributed by atoms with van der Waals surface area (Å²) in [6.07, 6.45) is 3.49. The Morgan fingerprint density at radius 2 is 2.30 bits per heavy atom. The van der Waals surface area contributed by atoms with Crippen LogP contribution in [0.4, 0.5) is 0 Å². The molecule has 2 aromatic rings. The molecule has 122 valence electrons. The molecule has 1 aromatic heterocycles. The van der Waals surface area contributed by atoms with E-state index in [0.717, 1.165) is 30.4 Å². The van der Waals surface area contributed by atoms with Crippen molar-refractivity contribution in [2.24, 2.45) is 5.92 Å². The van der Waals surface area contributed by atoms with Gasteiger partial charge in [0.2, 0.25) is 11.8 Å². The summed E-state index contributed by atoms with van der Waals surface area (Å²) < 4.78 is 11.0. The number of halogens is 1. The van der Waals surface area contributed by atoms with Crippen molar-refractivity contribution in [2.75, 3.05) is 13.7 Å². The molecule has 2 fully saturated rings. The van der Waals surface area contributed by atoms with Crippen LogP contribution in [0.15, 0.2) is 28.7 Å². The van der Waals surface area contributed by atoms with Gasteiger partial charge in [0, 0.05) is 18.7 Å². The fraction of sp³-hybridized carbons (Fsp3) is 0.529. The van der Waals surface area contributed by atoms with E-state index in [9.17, 15) is 0 Å². The highest BCUT2D eigenvalue weighted by molar-refractivity contribution is 6.30. The molecule has 1 aromatic carbocycles. The lowest BCUT2D eigenvalue weighted by molar-refractivity contribution is -0.0173. The number of methoxy groups -OCH3 is 1. The zero-order valence-electron chi connectivity index (χ0n) is 13.2. The number of benzene rings is 1. The Balaban J connectivity index is 1.61. The number of hydrogen-bond donors (Lipinski definition) is 0. The van der Waals surface area contributed by atoms with Crippen molar-refractivity contribution in [3.05, 3.63) is 46.6 Å². The van der Waals surface area contributed by atoms with Crippen LogP contribution in [0.2, 0.25) is 5.02 Å². The van der Waals surface area contributed by atoms with Gasteiger partial charge in [0.1, 0.15) is 12.1 Å². The highest BCUT2D eigenvalue weighted by Crippen LogP contribution is 2.56. The van der Waals surface area contributed by atoms with Crippen molar-refractivity contribution in [1.82, 2.24) is 15.1 Å². The van der Waals surface area contributed by atoms with E-state index in [1.165, 1.54) is 18.4 Å². The quantitative estimate of drug-likeness (QED) is 0.839. The molecule has 0 spiro atoms. The number of fused-ring (bicyclic) bond motifs is 1. The molecule has 6 heteroatoms. The van der Waals surface area contributed by atoms with Crippen LogP contribution in [0.3, 0.4) is 0 Å². The second-order valence-electron chi connectivity index (χ2n) is 6.43. The zero-order chi connectivity index (χ0) is 15.9. The highest BCUT2D eigenvalue weighted by atomic mass is 35.5. The summed E-state index contributed by atoms with van der Waals surface area (Å²) in [6, 6.07) is 8.06. The minimum Gasteiger partial charge on any atom is -0.421 e. The van der Waals surface area contributed by atoms with Crippen molar-refractivity contribution >= 4 is 11.6 Å². The molecule has 4 rings (SSSR count). The Morgan fingerprint density at radius 1 is 1.39 bits per heavy atom. The lowest BCUT2D eigenvalue weighted by Crippen LogP contribution is -2.51. The molecule has 0 radical (unpaired) electrons. The Kier molecular flexibility index (Phi) is 3.87. The summed E-state index contributed by atoms with van der Waals surface area (Å²) in [5.74, 6) is 1.91. The van der Waals surface area contributed by atoms with Crippen molar-refractivity contribution < 1.29 is 9.15 Å². The molecule has 0 amide bonds. The number of likely N-dealkylation sites (tertiary alicyclic amines) is 1. The van der Waals surface area contributed by atoms with Crippen molar-refractivity contribution in [3.63, 3.8) is 0 Å². The molecule has 0 bridgehead atoms. The van der Waals surface area contributed by atoms with E-state index in [1.807, 2.05) is 18.2 Å². The van der Waals surface area contributed by atoms with E-state index in [0.29, 0.717) is 18.4 Å². The lowest BCUT2D eigenvalue weighted by atomic mass is 9.67. The van der Waals surface area contributed by atoms with Gasteiger partial charge in [-0.1, -0.05) is 23.7 Å². The maximum Gasteiger partial charge on any atom is 0.242 e. The Bertz CT molecular complexity index is 705. The SMILES string of the molecule is COCc1nnc([C@]23CC[C@H]2CCN3Cc2cccc(Cl)c2)o1. The largest absolute Gasteiger partial charge is 0.421 e. The van der Waals surface area contributed by atoms with Gasteiger partial charge in [0.05, 0.1) is 0 Å². The Hall–Kier alpha value is -1.43. The van der Waals surface area contributed by atoms with Crippen LogP contribution in [0.25, 0.3) is 0 Å². The van der Waals surface area contributed by atoms with Crippen LogP contribution < -0.4 is 0 Å². The normalized spacial score (nSPS) is 27.0. The highest BCUT2D eigenvalue weighted by Gasteiger charge is 2.59. The van der Waals surface area contributed by atoms with Gasteiger partial charge >= 0.3 is 0 Å². The van der Waals surface area contributed by atoms with Crippen LogP contribution in [-0.4, -0.2) is 28.8 Å². The minimum atomic E-state index is -0.0959. The van der Waals surface area contributed by atoms with E-state index >= 15 is 0 Å². The van der Waals surface area contributed by atoms with Gasteiger partial charge in [-0.3, -0.25) is 4.90 Å². The summed E-state index contributed by atoms with van der Waals surface area (Å²) in [6.45, 7) is 2.28. The van der Waals surface area contributed by atoms with Gasteiger partial charge in [-0.15, -0.1) is 10.2 Å². The first-order valence-electron chi connectivity index (χ1n) is 8.03. The summed E-state index contributed by atoms with van der Waals surface area (Å²) in [7, 11) is 1.63. The van der Waals surface area contributed by atoms with E-state index in [1.54, 1.807) is 7.11 Å². The molecule has 2 aliphatic rings. The summed E-state index contributed by atoms with van der Waals surface area (Å²) in [4.78, 5) is 2.48. The first-order chi connectivity index (χ1) is 11.2. The van der Waals surface area contributed by atoms with E-state index in [4.69, 9.17) is 20.8 Å². The smallest absolute Gasteiger partial charge is 0.242 e. The van der Waals surface area contributed by atoms with Crippen LogP contribution in [0, 0.1) is 5.92 Å². The Labute approximate surface area is 140 Å². The number of aromatic nitrogens is 2. The molecule has 5 nitrogen and oxygen atoms in total. The summed E-state index contributed by atoms with van der Waals surface area (Å²) in [5, 5.41) is 9.24. The van der Waals surface area contributed by atoms with Gasteiger partial charge in [-0.25, -0.2) is 0 Å². The average molecular weight is 334 g/mol. The van der Waals surface area contributed by atoms with E-state index in [-0.39, 0.29) is 5.54 Å². The molecule has 1 saturated carbocycles. The van der Waals surface area contributed by atoms with Crippen molar-refractivity contribution in [3.8, 4) is 0 Å². The number of rotatable bonds is 5. The third-order valence-corrected chi connectivity index (χ3v) is 5.46. The molecule has 1 saturated heterocycles. The predicted octanol–water partition coefficient (Wildman–Crippen LogP) is 3.38. The molecule has 2 atom stereocenters. The first kappa shape index (κ1) is 15.1. The van der Waals surface area contributed by atoms with Gasteiger partial charge in [-0.05, 0) is 49.4 Å². The van der Waals surface area contributed by atoms with Gasteiger partial charge in [-0.2, -0.15) is 0 Å². The fourth-order valence-corrected chi connectivity index (χ4v) is 4.25. The predicted molar refractivity (Wildman–Crippen MR) is 85.9 cm³/mol. The minimum absolute atomic E-state index is 0.0959. The van der Waals surface area contributed by atoms with Crippen LogP contribution in [0.1, 0.15) is 36.6 Å². The average Bonchev–Trinajstić information content (AvgIpc) is 3.04. The maximum absolute atomic E-state index is 6.13. The van der Waals surface area contributed by atoms with Gasteiger partial charge in [0.15, 0.2) is 0 Å². The van der Waals surface area contributed by atoms with Crippen molar-refractivity contribution in [1.29, 1.82) is 0 Å². The zero-order valence-corrected chi connectivity index (χ0v) is 13.9. The molecular weight excluding hydrogens is 314 g/mol. The number of ether oxygens (including phenoxy) is 1. The van der Waals surface area contributed by atoms with Crippen LogP contribution in [0.5, 0.6) is 0 Å². The van der Waals surface area contributed by atoms with E-state index < -0.39 is 0 Å². The van der Waals surface area contributed by atoms with Gasteiger partial charge in [0.25, 0.3) is 0 Å². The monoisotopic (exact) mass is 333 g/mol. The maximum atomic E-state index is 6.13. The fourth-order valence-electron chi connectivity index (χ4n) is 4.04. The molecule has 23 heavy (non-hydrogen) atoms. The van der Waals surface area contributed by atoms with E-state index in [2.05, 4.69) is 21.2 Å². The third kappa shape index (κ3) is 2.47. The van der Waals surface area contributed by atoms with Crippen LogP contribution >= 0.6 is 11.6 Å². The summed E-state index contributed by atoms with van der Waals surface area (Å²) in [5.41, 5.74) is 1.13. The number of nitrogens with zero attached hydrogens (tertiary/aromatic N) is 3. The number of hydrogen-bond acceptors (Lipinski definition) is 5. The third-order valence-electron chi connectivity index (χ3n) is 5.23. The van der Waals surface area contributed by atoms with Gasteiger partial charge < -0.3 is 9.15 Å². The standard InChI is InChI=1S/C17H20ClN3O2/c1-22-11-15-19-20-16(23-15)17-7-5-13(17)6-8-21(17)10-12-3-2-4-14(18)9-12/h2-4,9,13H,5-8,10-11H2,1H3/t13-,17-/m0/s1. The first-order valence-corrected chi connectivity index (χ1v) is 8.41. The van der Waals surface area contributed by atoms with Crippen molar-refractivity contribution in [2.45, 2.75) is 38.0 Å². The Morgan fingerprint density at radius 3 is 3.04 bits per heavy atom. The van der Waals surface area contributed by atoms with Crippen LogP contribution in [-0.2, 0) is 23.4 Å². The lowest BCUT2D eigenvalue weighted by Gasteiger charge is -2.47. The topological polar surface area (TPSA) is 51.4 Å². The second-order valence-corrected chi connectivity index (χ2v) is 6.87. The molecule has 2 heterocycles. The summed E-state index contributed by atoms with van der Waals surface area (Å²) >= 11 is 6.13. The molecule has 0 N–H and O–H groups in total. The molecule has 1 aliphatic heterocycles.